The number of carboxylic acid groups (broad SMARTS) is 1. The van der Waals surface area contributed by atoms with Crippen LogP contribution in [0.2, 0.25) is 0 Å². The molecule has 1 unspecified atom stereocenters. The molecule has 23 heavy (non-hydrogen) atoms. The molecule has 0 bridgehead atoms. The molecule has 1 heterocycles. The van der Waals surface area contributed by atoms with Crippen LogP contribution in [0, 0.1) is 5.92 Å². The summed E-state index contributed by atoms with van der Waals surface area (Å²) in [7, 11) is 1.54. The lowest BCUT2D eigenvalue weighted by atomic mass is 10.1. The maximum atomic E-state index is 11.8. The average molecular weight is 321 g/mol. The summed E-state index contributed by atoms with van der Waals surface area (Å²) >= 11 is 0. The first-order valence-corrected chi connectivity index (χ1v) is 7.19. The number of methoxy groups -OCH3 is 1. The maximum Gasteiger partial charge on any atom is 0.319 e. The molecule has 2 rings (SSSR count). The third-order valence-electron chi connectivity index (χ3n) is 3.56. The number of likely N-dealkylation sites (tertiary alicyclic amines) is 1. The molecule has 1 fully saturated rings. The second-order valence-corrected chi connectivity index (χ2v) is 5.19. The Hall–Kier alpha value is -2.77. The predicted molar refractivity (Wildman–Crippen MR) is 82.3 cm³/mol. The summed E-state index contributed by atoms with van der Waals surface area (Å²) in [5, 5.41) is 14.2. The van der Waals surface area contributed by atoms with Crippen LogP contribution in [0.3, 0.4) is 0 Å². The zero-order valence-corrected chi connectivity index (χ0v) is 12.7. The van der Waals surface area contributed by atoms with Crippen LogP contribution in [-0.2, 0) is 9.59 Å². The summed E-state index contributed by atoms with van der Waals surface area (Å²) in [5.41, 5.74) is 0.588. The molecular formula is C15H19N3O5. The van der Waals surface area contributed by atoms with Crippen molar-refractivity contribution in [3.8, 4) is 5.75 Å². The summed E-state index contributed by atoms with van der Waals surface area (Å²) in [6.07, 6.45) is 0.0192. The fourth-order valence-electron chi connectivity index (χ4n) is 2.33. The molecular weight excluding hydrogens is 302 g/mol. The van der Waals surface area contributed by atoms with Crippen LogP contribution in [0.25, 0.3) is 0 Å². The van der Waals surface area contributed by atoms with Crippen molar-refractivity contribution in [1.82, 2.24) is 10.2 Å². The standard InChI is InChI=1S/C15H19N3O5/c1-23-12-4-2-3-11(8-12)17-15(22)16-5-6-18-9-10(14(20)21)7-13(18)19/h2-4,8,10H,5-7,9H2,1H3,(H,20,21)(H2,16,17,22). The Morgan fingerprint density at radius 1 is 1.43 bits per heavy atom. The zero-order chi connectivity index (χ0) is 16.8. The quantitative estimate of drug-likeness (QED) is 0.716. The van der Waals surface area contributed by atoms with Crippen molar-refractivity contribution in [2.24, 2.45) is 5.92 Å². The van der Waals surface area contributed by atoms with Crippen LogP contribution in [0.15, 0.2) is 24.3 Å². The molecule has 1 aliphatic rings. The molecule has 1 aromatic rings. The number of rotatable bonds is 6. The molecule has 1 aliphatic heterocycles. The zero-order valence-electron chi connectivity index (χ0n) is 12.7. The molecule has 124 valence electrons. The molecule has 1 aromatic carbocycles. The number of anilines is 1. The van der Waals surface area contributed by atoms with Crippen LogP contribution in [0.1, 0.15) is 6.42 Å². The van der Waals surface area contributed by atoms with Gasteiger partial charge in [-0.2, -0.15) is 0 Å². The van der Waals surface area contributed by atoms with Crippen LogP contribution in [0.5, 0.6) is 5.75 Å². The topological polar surface area (TPSA) is 108 Å². The van der Waals surface area contributed by atoms with Gasteiger partial charge in [0.1, 0.15) is 5.75 Å². The van der Waals surface area contributed by atoms with E-state index in [0.29, 0.717) is 11.4 Å². The lowest BCUT2D eigenvalue weighted by molar-refractivity contribution is -0.141. The number of carboxylic acids is 1. The molecule has 1 saturated heterocycles. The SMILES string of the molecule is COc1cccc(NC(=O)NCCN2CC(C(=O)O)CC2=O)c1. The van der Waals surface area contributed by atoms with Crippen molar-refractivity contribution < 1.29 is 24.2 Å². The van der Waals surface area contributed by atoms with Crippen molar-refractivity contribution in [2.75, 3.05) is 32.1 Å². The average Bonchev–Trinajstić information content (AvgIpc) is 2.89. The number of carbonyl (C=O) groups is 3. The van der Waals surface area contributed by atoms with E-state index in [1.54, 1.807) is 24.3 Å². The molecule has 0 spiro atoms. The van der Waals surface area contributed by atoms with E-state index in [1.807, 2.05) is 0 Å². The number of hydrogen-bond acceptors (Lipinski definition) is 4. The fraction of sp³-hybridized carbons (Fsp3) is 0.400. The monoisotopic (exact) mass is 321 g/mol. The summed E-state index contributed by atoms with van der Waals surface area (Å²) in [6.45, 7) is 0.718. The fourth-order valence-corrected chi connectivity index (χ4v) is 2.33. The molecule has 3 amide bonds. The Labute approximate surface area is 133 Å². The molecule has 8 nitrogen and oxygen atoms in total. The van der Waals surface area contributed by atoms with E-state index in [1.165, 1.54) is 12.0 Å². The second kappa shape index (κ2) is 7.48. The minimum atomic E-state index is -0.968. The van der Waals surface area contributed by atoms with Gasteiger partial charge in [0.15, 0.2) is 0 Å². The van der Waals surface area contributed by atoms with E-state index in [9.17, 15) is 14.4 Å². The van der Waals surface area contributed by atoms with E-state index < -0.39 is 17.9 Å². The number of nitrogens with one attached hydrogen (secondary N) is 2. The Morgan fingerprint density at radius 3 is 2.87 bits per heavy atom. The smallest absolute Gasteiger partial charge is 0.319 e. The van der Waals surface area contributed by atoms with Gasteiger partial charge in [-0.3, -0.25) is 9.59 Å². The van der Waals surface area contributed by atoms with E-state index in [4.69, 9.17) is 9.84 Å². The minimum absolute atomic E-state index is 0.0192. The van der Waals surface area contributed by atoms with Gasteiger partial charge in [-0.1, -0.05) is 6.07 Å². The largest absolute Gasteiger partial charge is 0.497 e. The number of ether oxygens (including phenoxy) is 1. The van der Waals surface area contributed by atoms with Gasteiger partial charge in [-0.25, -0.2) is 4.79 Å². The van der Waals surface area contributed by atoms with E-state index in [2.05, 4.69) is 10.6 Å². The number of aliphatic carboxylic acids is 1. The first kappa shape index (κ1) is 16.6. The summed E-state index contributed by atoms with van der Waals surface area (Å²) in [5.74, 6) is -1.20. The molecule has 0 saturated carbocycles. The lowest BCUT2D eigenvalue weighted by Crippen LogP contribution is -2.37. The number of hydrogen-bond donors (Lipinski definition) is 3. The van der Waals surface area contributed by atoms with Crippen LogP contribution >= 0.6 is 0 Å². The number of benzene rings is 1. The Balaban J connectivity index is 1.74. The van der Waals surface area contributed by atoms with Gasteiger partial charge in [0, 0.05) is 37.8 Å². The van der Waals surface area contributed by atoms with Gasteiger partial charge >= 0.3 is 12.0 Å². The summed E-state index contributed by atoms with van der Waals surface area (Å²) in [6, 6.07) is 6.52. The van der Waals surface area contributed by atoms with Gasteiger partial charge in [-0.15, -0.1) is 0 Å². The first-order chi connectivity index (χ1) is 11.0. The Morgan fingerprint density at radius 2 is 2.22 bits per heavy atom. The molecule has 1 atom stereocenters. The Bertz CT molecular complexity index is 605. The number of urea groups is 1. The van der Waals surface area contributed by atoms with E-state index in [0.717, 1.165) is 0 Å². The molecule has 0 radical (unpaired) electrons. The highest BCUT2D eigenvalue weighted by atomic mass is 16.5. The first-order valence-electron chi connectivity index (χ1n) is 7.19. The van der Waals surface area contributed by atoms with Crippen molar-refractivity contribution in [3.63, 3.8) is 0 Å². The predicted octanol–water partition coefficient (Wildman–Crippen LogP) is 0.750. The van der Waals surface area contributed by atoms with Gasteiger partial charge < -0.3 is 25.4 Å². The van der Waals surface area contributed by atoms with Crippen molar-refractivity contribution >= 4 is 23.6 Å². The van der Waals surface area contributed by atoms with Crippen LogP contribution < -0.4 is 15.4 Å². The highest BCUT2D eigenvalue weighted by Crippen LogP contribution is 2.17. The minimum Gasteiger partial charge on any atom is -0.497 e. The van der Waals surface area contributed by atoms with E-state index >= 15 is 0 Å². The van der Waals surface area contributed by atoms with Crippen LogP contribution in [0.4, 0.5) is 10.5 Å². The molecule has 0 aliphatic carbocycles. The number of nitrogens with zero attached hydrogens (tertiary/aromatic N) is 1. The Kier molecular flexibility index (Phi) is 5.40. The number of carbonyl (C=O) groups excluding carboxylic acids is 2. The van der Waals surface area contributed by atoms with Gasteiger partial charge in [0.05, 0.1) is 13.0 Å². The van der Waals surface area contributed by atoms with Gasteiger partial charge in [0.25, 0.3) is 0 Å². The number of amides is 3. The summed E-state index contributed by atoms with van der Waals surface area (Å²) < 4.78 is 5.06. The third kappa shape index (κ3) is 4.60. The molecule has 3 N–H and O–H groups in total. The normalized spacial score (nSPS) is 17.0. The van der Waals surface area contributed by atoms with Gasteiger partial charge in [0.2, 0.25) is 5.91 Å². The third-order valence-corrected chi connectivity index (χ3v) is 3.56. The van der Waals surface area contributed by atoms with Gasteiger partial charge in [-0.05, 0) is 12.1 Å². The molecule has 8 heteroatoms. The molecule has 0 aromatic heterocycles. The van der Waals surface area contributed by atoms with Crippen molar-refractivity contribution in [1.29, 1.82) is 0 Å². The highest BCUT2D eigenvalue weighted by molar-refractivity contribution is 5.89. The van der Waals surface area contributed by atoms with Crippen molar-refractivity contribution in [3.05, 3.63) is 24.3 Å². The summed E-state index contributed by atoms with van der Waals surface area (Å²) in [4.78, 5) is 35.7. The maximum absolute atomic E-state index is 11.8. The van der Waals surface area contributed by atoms with Crippen molar-refractivity contribution in [2.45, 2.75) is 6.42 Å². The lowest BCUT2D eigenvalue weighted by Gasteiger charge is -2.16. The van der Waals surface area contributed by atoms with E-state index in [-0.39, 0.29) is 32.0 Å². The highest BCUT2D eigenvalue weighted by Gasteiger charge is 2.33. The second-order valence-electron chi connectivity index (χ2n) is 5.19. The van der Waals surface area contributed by atoms with Crippen LogP contribution in [-0.4, -0.2) is 54.7 Å².